The van der Waals surface area contributed by atoms with Crippen molar-refractivity contribution in [3.8, 4) is 5.75 Å². The first-order chi connectivity index (χ1) is 9.18. The van der Waals surface area contributed by atoms with Crippen LogP contribution in [0.3, 0.4) is 0 Å². The van der Waals surface area contributed by atoms with Gasteiger partial charge in [-0.3, -0.25) is 0 Å². The van der Waals surface area contributed by atoms with Gasteiger partial charge in [-0.25, -0.2) is 4.57 Å². The third-order valence-corrected chi connectivity index (χ3v) is 2.35. The van der Waals surface area contributed by atoms with Gasteiger partial charge in [-0.15, -0.1) is 0 Å². The third-order valence-electron chi connectivity index (χ3n) is 2.35. The number of hydrogen-bond acceptors (Lipinski definition) is 4. The minimum absolute atomic E-state index is 0. The van der Waals surface area contributed by atoms with E-state index in [-0.39, 0.29) is 20.0 Å². The predicted molar refractivity (Wildman–Crippen MR) is 78.7 cm³/mol. The molecule has 20 heavy (non-hydrogen) atoms. The molecule has 0 N–H and O–H groups in total. The van der Waals surface area contributed by atoms with Gasteiger partial charge >= 0.3 is 5.95 Å². The van der Waals surface area contributed by atoms with Gasteiger partial charge in [0.1, 0.15) is 18.6 Å². The van der Waals surface area contributed by atoms with Gasteiger partial charge < -0.3 is 14.9 Å². The first-order valence-electron chi connectivity index (χ1n) is 6.01. The van der Waals surface area contributed by atoms with Crippen LogP contribution in [0, 0.1) is 10.1 Å². The van der Waals surface area contributed by atoms with E-state index in [1.807, 2.05) is 44.2 Å². The first kappa shape index (κ1) is 17.6. The molecule has 110 valence electrons. The molecule has 0 saturated carbocycles. The molecule has 6 nitrogen and oxygen atoms in total. The zero-order chi connectivity index (χ0) is 14.3. The lowest BCUT2D eigenvalue weighted by Gasteiger charge is -2.04. The van der Waals surface area contributed by atoms with E-state index in [0.29, 0.717) is 5.69 Å². The minimum Gasteiger partial charge on any atom is -0.486 e. The maximum Gasteiger partial charge on any atom is 0.434 e. The van der Waals surface area contributed by atoms with Crippen molar-refractivity contribution in [1.82, 2.24) is 9.55 Å². The van der Waals surface area contributed by atoms with Crippen molar-refractivity contribution in [3.05, 3.63) is 52.3 Å². The smallest absolute Gasteiger partial charge is 0.434 e. The number of imidazole rings is 1. The Labute approximate surface area is 119 Å². The average Bonchev–Trinajstić information content (AvgIpc) is 2.81. The highest BCUT2D eigenvalue weighted by atomic mass is 16.6. The second-order valence-electron chi connectivity index (χ2n) is 3.47. The number of rotatable bonds is 4. The zero-order valence-corrected chi connectivity index (χ0v) is 11.2. The Bertz CT molecular complexity index is 524. The van der Waals surface area contributed by atoms with Crippen molar-refractivity contribution >= 4 is 5.95 Å². The summed E-state index contributed by atoms with van der Waals surface area (Å²) in [6.45, 7) is 4.25. The number of nitrogens with zero attached hydrogens (tertiary/aromatic N) is 3. The van der Waals surface area contributed by atoms with E-state index in [2.05, 4.69) is 4.98 Å². The maximum absolute atomic E-state index is 10.6. The SMILES string of the molecule is C.CC.Cn1c(COc2ccccc2)cnc1[N+](=O)[O-]. The normalized spacial score (nSPS) is 8.95. The molecule has 0 aliphatic carbocycles. The van der Waals surface area contributed by atoms with Crippen LogP contribution in [-0.2, 0) is 13.7 Å². The van der Waals surface area contributed by atoms with E-state index in [9.17, 15) is 10.1 Å². The summed E-state index contributed by atoms with van der Waals surface area (Å²) in [5, 5.41) is 10.6. The van der Waals surface area contributed by atoms with Crippen LogP contribution in [0.25, 0.3) is 0 Å². The Morgan fingerprint density at radius 1 is 1.30 bits per heavy atom. The van der Waals surface area contributed by atoms with Gasteiger partial charge in [-0.1, -0.05) is 44.5 Å². The van der Waals surface area contributed by atoms with Gasteiger partial charge in [0.2, 0.25) is 0 Å². The molecule has 0 aliphatic rings. The summed E-state index contributed by atoms with van der Waals surface area (Å²) in [5.74, 6) is 0.535. The van der Waals surface area contributed by atoms with Gasteiger partial charge in [0, 0.05) is 0 Å². The molecule has 2 rings (SSSR count). The van der Waals surface area contributed by atoms with Gasteiger partial charge in [0.15, 0.2) is 5.69 Å². The summed E-state index contributed by atoms with van der Waals surface area (Å²) in [7, 11) is 1.59. The fourth-order valence-electron chi connectivity index (χ4n) is 1.41. The highest BCUT2D eigenvalue weighted by Crippen LogP contribution is 2.14. The van der Waals surface area contributed by atoms with Crippen LogP contribution in [0.5, 0.6) is 5.75 Å². The Balaban J connectivity index is 0.00000115. The van der Waals surface area contributed by atoms with Crippen molar-refractivity contribution in [1.29, 1.82) is 0 Å². The highest BCUT2D eigenvalue weighted by molar-refractivity contribution is 5.22. The molecule has 0 aliphatic heterocycles. The van der Waals surface area contributed by atoms with Crippen LogP contribution in [0.1, 0.15) is 27.0 Å². The largest absolute Gasteiger partial charge is 0.486 e. The molecule has 0 amide bonds. The van der Waals surface area contributed by atoms with Crippen molar-refractivity contribution < 1.29 is 9.66 Å². The lowest BCUT2D eigenvalue weighted by atomic mass is 10.3. The fourth-order valence-corrected chi connectivity index (χ4v) is 1.41. The van der Waals surface area contributed by atoms with E-state index >= 15 is 0 Å². The summed E-state index contributed by atoms with van der Waals surface area (Å²) in [6.07, 6.45) is 1.45. The number of hydrogen-bond donors (Lipinski definition) is 0. The zero-order valence-electron chi connectivity index (χ0n) is 11.2. The Morgan fingerprint density at radius 3 is 2.40 bits per heavy atom. The molecule has 1 heterocycles. The van der Waals surface area contributed by atoms with Crippen LogP contribution in [0.2, 0.25) is 0 Å². The molecular weight excluding hydrogens is 258 g/mol. The van der Waals surface area contributed by atoms with Crippen LogP contribution in [0.15, 0.2) is 36.5 Å². The molecule has 0 spiro atoms. The van der Waals surface area contributed by atoms with Gasteiger partial charge in [0.05, 0.1) is 7.05 Å². The monoisotopic (exact) mass is 279 g/mol. The highest BCUT2D eigenvalue weighted by Gasteiger charge is 2.17. The van der Waals surface area contributed by atoms with Crippen molar-refractivity contribution in [2.24, 2.45) is 7.05 Å². The summed E-state index contributed by atoms with van der Waals surface area (Å²) >= 11 is 0. The maximum atomic E-state index is 10.6. The number of para-hydroxylation sites is 1. The molecule has 1 aromatic carbocycles. The lowest BCUT2D eigenvalue weighted by Crippen LogP contribution is -2.04. The van der Waals surface area contributed by atoms with Gasteiger partial charge in [0.25, 0.3) is 0 Å². The van der Waals surface area contributed by atoms with Crippen LogP contribution >= 0.6 is 0 Å². The van der Waals surface area contributed by atoms with E-state index in [1.54, 1.807) is 7.05 Å². The van der Waals surface area contributed by atoms with Crippen LogP contribution in [-0.4, -0.2) is 14.5 Å². The van der Waals surface area contributed by atoms with Crippen molar-refractivity contribution in [2.45, 2.75) is 27.9 Å². The second-order valence-corrected chi connectivity index (χ2v) is 3.47. The minimum atomic E-state index is -0.522. The Hall–Kier alpha value is -2.37. The average molecular weight is 279 g/mol. The Morgan fingerprint density at radius 2 is 1.90 bits per heavy atom. The lowest BCUT2D eigenvalue weighted by molar-refractivity contribution is -0.396. The number of nitro groups is 1. The summed E-state index contributed by atoms with van der Waals surface area (Å²) < 4.78 is 6.89. The molecule has 6 heteroatoms. The van der Waals surface area contributed by atoms with Crippen LogP contribution < -0.4 is 4.74 Å². The van der Waals surface area contributed by atoms with Gasteiger partial charge in [-0.05, 0) is 17.1 Å². The van der Waals surface area contributed by atoms with Crippen LogP contribution in [0.4, 0.5) is 5.95 Å². The number of aromatic nitrogens is 2. The molecular formula is C14H21N3O3. The second kappa shape index (κ2) is 8.68. The quantitative estimate of drug-likeness (QED) is 0.633. The van der Waals surface area contributed by atoms with E-state index in [0.717, 1.165) is 5.75 Å². The van der Waals surface area contributed by atoms with E-state index in [4.69, 9.17) is 4.74 Å². The first-order valence-corrected chi connectivity index (χ1v) is 6.01. The molecule has 0 saturated heterocycles. The molecule has 0 bridgehead atoms. The standard InChI is InChI=1S/C11H11N3O3.C2H6.CH4/c1-13-9(7-12-11(13)14(15)16)8-17-10-5-3-2-4-6-10;1-2;/h2-7H,8H2,1H3;1-2H3;1H4. The number of ether oxygens (including phenoxy) is 1. The van der Waals surface area contributed by atoms with Crippen molar-refractivity contribution in [2.75, 3.05) is 0 Å². The summed E-state index contributed by atoms with van der Waals surface area (Å²) in [4.78, 5) is 13.8. The van der Waals surface area contributed by atoms with E-state index < -0.39 is 4.92 Å². The van der Waals surface area contributed by atoms with Gasteiger partial charge in [-0.2, -0.15) is 0 Å². The van der Waals surface area contributed by atoms with E-state index in [1.165, 1.54) is 10.8 Å². The Kier molecular flexibility index (Phi) is 7.65. The molecule has 1 aromatic heterocycles. The van der Waals surface area contributed by atoms with Crippen molar-refractivity contribution in [3.63, 3.8) is 0 Å². The predicted octanol–water partition coefficient (Wildman–Crippen LogP) is 3.57. The fraction of sp³-hybridized carbons (Fsp3) is 0.357. The topological polar surface area (TPSA) is 70.2 Å². The summed E-state index contributed by atoms with van der Waals surface area (Å²) in [6, 6.07) is 9.26. The molecule has 0 atom stereocenters. The summed E-state index contributed by atoms with van der Waals surface area (Å²) in [5.41, 5.74) is 0.653. The number of benzene rings is 1. The molecule has 0 radical (unpaired) electrons. The molecule has 2 aromatic rings. The third kappa shape index (κ3) is 4.38. The molecule has 0 unspecified atom stereocenters. The molecule has 0 fully saturated rings.